The number of nitrogens with one attached hydrogen (secondary N) is 1. The van der Waals surface area contributed by atoms with Gasteiger partial charge in [0.2, 0.25) is 0 Å². The van der Waals surface area contributed by atoms with E-state index in [-0.39, 0.29) is 12.5 Å². The molecule has 6 heteroatoms. The van der Waals surface area contributed by atoms with Crippen LogP contribution in [0.15, 0.2) is 18.2 Å². The molecule has 0 bridgehead atoms. The molecule has 1 unspecified atom stereocenters. The molecule has 0 aliphatic heterocycles. The highest BCUT2D eigenvalue weighted by Crippen LogP contribution is 2.33. The van der Waals surface area contributed by atoms with Gasteiger partial charge in [-0.1, -0.05) is 13.3 Å². The van der Waals surface area contributed by atoms with E-state index >= 15 is 0 Å². The number of carboxylic acid groups (broad SMARTS) is 1. The van der Waals surface area contributed by atoms with Crippen LogP contribution >= 0.6 is 11.3 Å². The zero-order valence-electron chi connectivity index (χ0n) is 13.5. The Hall–Kier alpha value is -2.08. The number of fused-ring (bicyclic) bond motifs is 1. The van der Waals surface area contributed by atoms with Crippen LogP contribution in [0.25, 0.3) is 10.1 Å². The first-order valence-corrected chi connectivity index (χ1v) is 8.37. The van der Waals surface area contributed by atoms with Gasteiger partial charge in [-0.3, -0.25) is 9.59 Å². The average molecular weight is 335 g/mol. The first kappa shape index (κ1) is 17.3. The van der Waals surface area contributed by atoms with Gasteiger partial charge in [-0.2, -0.15) is 0 Å². The molecule has 1 aromatic carbocycles. The molecule has 2 rings (SSSR count). The SMILES string of the molecule is CCCC(CNC(=O)c1sc2ccc(OC)cc2c1C)C(=O)O. The Morgan fingerprint density at radius 2 is 2.13 bits per heavy atom. The summed E-state index contributed by atoms with van der Waals surface area (Å²) in [6, 6.07) is 5.70. The molecule has 2 aromatic rings. The number of carbonyl (C=O) groups excluding carboxylic acids is 1. The van der Waals surface area contributed by atoms with E-state index in [0.29, 0.717) is 11.3 Å². The first-order valence-electron chi connectivity index (χ1n) is 7.56. The number of hydrogen-bond donors (Lipinski definition) is 2. The van der Waals surface area contributed by atoms with E-state index < -0.39 is 11.9 Å². The third kappa shape index (κ3) is 3.82. The smallest absolute Gasteiger partial charge is 0.308 e. The number of carboxylic acids is 1. The van der Waals surface area contributed by atoms with Gasteiger partial charge in [0, 0.05) is 11.2 Å². The van der Waals surface area contributed by atoms with Gasteiger partial charge < -0.3 is 15.2 Å². The normalized spacial score (nSPS) is 12.1. The number of amides is 1. The number of hydrogen-bond acceptors (Lipinski definition) is 4. The van der Waals surface area contributed by atoms with Crippen molar-refractivity contribution in [3.8, 4) is 5.75 Å². The van der Waals surface area contributed by atoms with Crippen molar-refractivity contribution < 1.29 is 19.4 Å². The fourth-order valence-corrected chi connectivity index (χ4v) is 3.61. The van der Waals surface area contributed by atoms with E-state index in [0.717, 1.165) is 27.8 Å². The largest absolute Gasteiger partial charge is 0.497 e. The molecule has 1 amide bonds. The zero-order chi connectivity index (χ0) is 17.0. The second-order valence-electron chi connectivity index (χ2n) is 5.45. The van der Waals surface area contributed by atoms with Crippen molar-refractivity contribution in [3.05, 3.63) is 28.6 Å². The van der Waals surface area contributed by atoms with Crippen LogP contribution < -0.4 is 10.1 Å². The lowest BCUT2D eigenvalue weighted by atomic mass is 10.0. The van der Waals surface area contributed by atoms with Crippen molar-refractivity contribution in [1.29, 1.82) is 0 Å². The van der Waals surface area contributed by atoms with Gasteiger partial charge in [-0.25, -0.2) is 0 Å². The second-order valence-corrected chi connectivity index (χ2v) is 6.50. The van der Waals surface area contributed by atoms with Crippen molar-refractivity contribution in [1.82, 2.24) is 5.32 Å². The molecule has 0 saturated heterocycles. The molecule has 0 aliphatic rings. The number of carbonyl (C=O) groups is 2. The van der Waals surface area contributed by atoms with E-state index in [1.807, 2.05) is 32.0 Å². The maximum atomic E-state index is 12.4. The van der Waals surface area contributed by atoms with Gasteiger partial charge in [-0.05, 0) is 42.5 Å². The Balaban J connectivity index is 2.17. The minimum absolute atomic E-state index is 0.152. The molecule has 2 N–H and O–H groups in total. The van der Waals surface area contributed by atoms with Gasteiger partial charge in [0.15, 0.2) is 0 Å². The lowest BCUT2D eigenvalue weighted by Gasteiger charge is -2.12. The second kappa shape index (κ2) is 7.46. The van der Waals surface area contributed by atoms with Crippen LogP contribution in [-0.2, 0) is 4.79 Å². The Labute approximate surface area is 139 Å². The molecule has 1 atom stereocenters. The number of benzene rings is 1. The molecule has 1 aromatic heterocycles. The summed E-state index contributed by atoms with van der Waals surface area (Å²) in [6.07, 6.45) is 1.33. The third-order valence-electron chi connectivity index (χ3n) is 3.84. The summed E-state index contributed by atoms with van der Waals surface area (Å²) in [5.74, 6) is -0.882. The predicted molar refractivity (Wildman–Crippen MR) is 91.5 cm³/mol. The fraction of sp³-hybridized carbons (Fsp3) is 0.412. The lowest BCUT2D eigenvalue weighted by Crippen LogP contribution is -2.32. The zero-order valence-corrected chi connectivity index (χ0v) is 14.3. The number of rotatable bonds is 7. The van der Waals surface area contributed by atoms with E-state index in [4.69, 9.17) is 9.84 Å². The minimum Gasteiger partial charge on any atom is -0.497 e. The summed E-state index contributed by atoms with van der Waals surface area (Å²) in [7, 11) is 1.61. The topological polar surface area (TPSA) is 75.6 Å². The van der Waals surface area contributed by atoms with Crippen LogP contribution in [-0.4, -0.2) is 30.6 Å². The Bertz CT molecular complexity index is 723. The van der Waals surface area contributed by atoms with Crippen LogP contribution in [0.1, 0.15) is 35.0 Å². The molecule has 0 aliphatic carbocycles. The van der Waals surface area contributed by atoms with Crippen LogP contribution in [0.3, 0.4) is 0 Å². The molecule has 5 nitrogen and oxygen atoms in total. The predicted octanol–water partition coefficient (Wildman–Crippen LogP) is 3.45. The van der Waals surface area contributed by atoms with Crippen LogP contribution in [0.5, 0.6) is 5.75 Å². The number of methoxy groups -OCH3 is 1. The maximum absolute atomic E-state index is 12.4. The number of aliphatic carboxylic acids is 1. The number of thiophene rings is 1. The minimum atomic E-state index is -0.870. The van der Waals surface area contributed by atoms with Gasteiger partial charge in [-0.15, -0.1) is 11.3 Å². The molecule has 0 fully saturated rings. The molecular formula is C17H21NO4S. The molecule has 23 heavy (non-hydrogen) atoms. The maximum Gasteiger partial charge on any atom is 0.308 e. The van der Waals surface area contributed by atoms with Crippen molar-refractivity contribution in [2.75, 3.05) is 13.7 Å². The summed E-state index contributed by atoms with van der Waals surface area (Å²) in [5.41, 5.74) is 0.892. The third-order valence-corrected chi connectivity index (χ3v) is 5.12. The first-order chi connectivity index (χ1) is 11.0. The summed E-state index contributed by atoms with van der Waals surface area (Å²) in [6.45, 7) is 3.98. The Morgan fingerprint density at radius 3 is 2.74 bits per heavy atom. The monoisotopic (exact) mass is 335 g/mol. The highest BCUT2D eigenvalue weighted by Gasteiger charge is 2.20. The molecular weight excluding hydrogens is 314 g/mol. The van der Waals surface area contributed by atoms with Gasteiger partial charge in [0.25, 0.3) is 5.91 Å². The van der Waals surface area contributed by atoms with Crippen molar-refractivity contribution in [3.63, 3.8) is 0 Å². The highest BCUT2D eigenvalue weighted by atomic mass is 32.1. The van der Waals surface area contributed by atoms with Crippen LogP contribution in [0, 0.1) is 12.8 Å². The lowest BCUT2D eigenvalue weighted by molar-refractivity contribution is -0.141. The molecule has 0 saturated carbocycles. The highest BCUT2D eigenvalue weighted by molar-refractivity contribution is 7.21. The van der Waals surface area contributed by atoms with Gasteiger partial charge >= 0.3 is 5.97 Å². The van der Waals surface area contributed by atoms with E-state index in [1.165, 1.54) is 11.3 Å². The van der Waals surface area contributed by atoms with Crippen LogP contribution in [0.4, 0.5) is 0 Å². The Kier molecular flexibility index (Phi) is 5.60. The van der Waals surface area contributed by atoms with E-state index in [1.54, 1.807) is 7.11 Å². The standard InChI is InChI=1S/C17H21NO4S/c1-4-5-11(17(20)21)9-18-16(19)15-10(2)13-8-12(22-3)6-7-14(13)23-15/h6-8,11H,4-5,9H2,1-3H3,(H,18,19)(H,20,21). The van der Waals surface area contributed by atoms with Gasteiger partial charge in [0.1, 0.15) is 5.75 Å². The summed E-state index contributed by atoms with van der Waals surface area (Å²) >= 11 is 1.41. The number of ether oxygens (including phenoxy) is 1. The van der Waals surface area contributed by atoms with Crippen molar-refractivity contribution in [2.24, 2.45) is 5.92 Å². The van der Waals surface area contributed by atoms with Crippen molar-refractivity contribution in [2.45, 2.75) is 26.7 Å². The average Bonchev–Trinajstić information content (AvgIpc) is 2.87. The summed E-state index contributed by atoms with van der Waals surface area (Å²) in [4.78, 5) is 24.2. The molecule has 1 heterocycles. The molecule has 0 spiro atoms. The Morgan fingerprint density at radius 1 is 1.39 bits per heavy atom. The number of aryl methyl sites for hydroxylation is 1. The summed E-state index contributed by atoms with van der Waals surface area (Å²) < 4.78 is 6.23. The summed E-state index contributed by atoms with van der Waals surface area (Å²) in [5, 5.41) is 12.9. The molecule has 124 valence electrons. The van der Waals surface area contributed by atoms with Crippen LogP contribution in [0.2, 0.25) is 0 Å². The van der Waals surface area contributed by atoms with Crippen molar-refractivity contribution >= 4 is 33.3 Å². The van der Waals surface area contributed by atoms with E-state index in [2.05, 4.69) is 5.32 Å². The van der Waals surface area contributed by atoms with E-state index in [9.17, 15) is 9.59 Å². The fourth-order valence-electron chi connectivity index (χ4n) is 2.50. The van der Waals surface area contributed by atoms with Gasteiger partial charge in [0.05, 0.1) is 17.9 Å². The quantitative estimate of drug-likeness (QED) is 0.812. The molecule has 0 radical (unpaired) electrons.